The van der Waals surface area contributed by atoms with Crippen LogP contribution in [-0.4, -0.2) is 41.0 Å². The molecular formula is C18H20ClF3N6O2. The fourth-order valence-electron chi connectivity index (χ4n) is 2.98. The van der Waals surface area contributed by atoms with Gasteiger partial charge in [-0.3, -0.25) is 9.69 Å². The molecule has 0 spiro atoms. The summed E-state index contributed by atoms with van der Waals surface area (Å²) < 4.78 is 39.0. The average Bonchev–Trinajstić information content (AvgIpc) is 3.00. The van der Waals surface area contributed by atoms with Crippen molar-refractivity contribution in [1.29, 1.82) is 0 Å². The van der Waals surface area contributed by atoms with Crippen LogP contribution in [0.5, 0.6) is 0 Å². The van der Waals surface area contributed by atoms with Crippen LogP contribution >= 0.6 is 12.4 Å². The summed E-state index contributed by atoms with van der Waals surface area (Å²) >= 11 is 0. The van der Waals surface area contributed by atoms with Gasteiger partial charge in [0.05, 0.1) is 12.1 Å². The fraction of sp³-hybridized carbons (Fsp3) is 0.333. The molecule has 3 rings (SSSR count). The van der Waals surface area contributed by atoms with E-state index in [4.69, 9.17) is 5.73 Å². The van der Waals surface area contributed by atoms with Crippen LogP contribution in [0.25, 0.3) is 0 Å². The highest BCUT2D eigenvalue weighted by Crippen LogP contribution is 2.32. The Morgan fingerprint density at radius 3 is 2.63 bits per heavy atom. The second kappa shape index (κ2) is 8.74. The second-order valence-corrected chi connectivity index (χ2v) is 6.53. The Hall–Kier alpha value is -3.08. The SMILES string of the molecule is CCN(C(=O)c1cnc(N2CC(C)NC2=O)nc1N)c1cccc(C(F)(F)F)c1.Cl. The number of nitrogens with zero attached hydrogens (tertiary/aromatic N) is 4. The molecule has 0 radical (unpaired) electrons. The first-order chi connectivity index (χ1) is 13.6. The first-order valence-electron chi connectivity index (χ1n) is 8.81. The van der Waals surface area contributed by atoms with Crippen LogP contribution in [0, 0.1) is 0 Å². The quantitative estimate of drug-likeness (QED) is 0.754. The maximum atomic E-state index is 13.0. The van der Waals surface area contributed by atoms with E-state index in [2.05, 4.69) is 15.3 Å². The molecule has 3 amide bonds. The standard InChI is InChI=1S/C18H19F3N6O2.ClH/c1-3-26(12-6-4-5-11(7-12)18(19,20)21)15(28)13-8-23-16(25-14(13)22)27-9-10(2)24-17(27)29;/h4-8,10H,3,9H2,1-2H3,(H,24,29)(H2,22,23,25);1H. The third-order valence-corrected chi connectivity index (χ3v) is 4.40. The van der Waals surface area contributed by atoms with E-state index in [-0.39, 0.29) is 54.0 Å². The summed E-state index contributed by atoms with van der Waals surface area (Å²) in [7, 11) is 0. The Kier molecular flexibility index (Phi) is 6.76. The van der Waals surface area contributed by atoms with Gasteiger partial charge in [-0.05, 0) is 32.0 Å². The predicted octanol–water partition coefficient (Wildman–Crippen LogP) is 3.08. The summed E-state index contributed by atoms with van der Waals surface area (Å²) in [5.41, 5.74) is 5.04. The number of nitrogens with two attached hydrogens (primary N) is 1. The van der Waals surface area contributed by atoms with Crippen LogP contribution in [0.15, 0.2) is 30.5 Å². The molecule has 0 saturated carbocycles. The van der Waals surface area contributed by atoms with E-state index < -0.39 is 17.6 Å². The van der Waals surface area contributed by atoms with E-state index in [0.29, 0.717) is 6.54 Å². The third-order valence-electron chi connectivity index (χ3n) is 4.40. The van der Waals surface area contributed by atoms with Gasteiger partial charge in [0.25, 0.3) is 5.91 Å². The van der Waals surface area contributed by atoms with Crippen molar-refractivity contribution in [2.75, 3.05) is 28.6 Å². The summed E-state index contributed by atoms with van der Waals surface area (Å²) in [6.45, 7) is 3.89. The minimum atomic E-state index is -4.53. The lowest BCUT2D eigenvalue weighted by atomic mass is 10.1. The topological polar surface area (TPSA) is 104 Å². The van der Waals surface area contributed by atoms with Crippen LogP contribution in [-0.2, 0) is 6.18 Å². The highest BCUT2D eigenvalue weighted by Gasteiger charge is 2.32. The Balaban J connectivity index is 0.00000320. The maximum Gasteiger partial charge on any atom is 0.416 e. The molecule has 0 bridgehead atoms. The van der Waals surface area contributed by atoms with Gasteiger partial charge in [-0.2, -0.15) is 18.2 Å². The molecule has 1 aliphatic heterocycles. The number of nitrogens with one attached hydrogen (secondary N) is 1. The third kappa shape index (κ3) is 4.56. The van der Waals surface area contributed by atoms with Gasteiger partial charge >= 0.3 is 12.2 Å². The summed E-state index contributed by atoms with van der Waals surface area (Å²) in [5.74, 6) is -0.768. The molecule has 1 atom stereocenters. The summed E-state index contributed by atoms with van der Waals surface area (Å²) in [6, 6.07) is 3.97. The molecule has 162 valence electrons. The zero-order valence-electron chi connectivity index (χ0n) is 16.1. The number of aromatic nitrogens is 2. The molecule has 1 aliphatic rings. The van der Waals surface area contributed by atoms with Crippen LogP contribution in [0.1, 0.15) is 29.8 Å². The van der Waals surface area contributed by atoms with E-state index in [1.807, 2.05) is 6.92 Å². The molecule has 12 heteroatoms. The number of benzene rings is 1. The lowest BCUT2D eigenvalue weighted by molar-refractivity contribution is -0.137. The van der Waals surface area contributed by atoms with Crippen LogP contribution in [0.2, 0.25) is 0 Å². The zero-order valence-corrected chi connectivity index (χ0v) is 16.9. The van der Waals surface area contributed by atoms with Crippen molar-refractivity contribution in [3.63, 3.8) is 0 Å². The van der Waals surface area contributed by atoms with Crippen LogP contribution in [0.3, 0.4) is 0 Å². The molecule has 0 aliphatic carbocycles. The number of rotatable bonds is 4. The van der Waals surface area contributed by atoms with Gasteiger partial charge in [0, 0.05) is 24.5 Å². The lowest BCUT2D eigenvalue weighted by Gasteiger charge is -2.23. The highest BCUT2D eigenvalue weighted by atomic mass is 35.5. The van der Waals surface area contributed by atoms with Crippen molar-refractivity contribution < 1.29 is 22.8 Å². The number of hydrogen-bond donors (Lipinski definition) is 2. The van der Waals surface area contributed by atoms with E-state index in [1.54, 1.807) is 6.92 Å². The maximum absolute atomic E-state index is 13.0. The average molecular weight is 445 g/mol. The molecule has 1 saturated heterocycles. The van der Waals surface area contributed by atoms with Gasteiger partial charge in [-0.15, -0.1) is 12.4 Å². The number of nitrogen functional groups attached to an aromatic ring is 1. The number of amides is 3. The minimum absolute atomic E-state index is 0. The smallest absolute Gasteiger partial charge is 0.383 e. The van der Waals surface area contributed by atoms with Crippen molar-refractivity contribution in [2.45, 2.75) is 26.1 Å². The Labute approximate surface area is 176 Å². The molecular weight excluding hydrogens is 425 g/mol. The highest BCUT2D eigenvalue weighted by molar-refractivity contribution is 6.08. The Morgan fingerprint density at radius 2 is 2.10 bits per heavy atom. The summed E-state index contributed by atoms with van der Waals surface area (Å²) in [6.07, 6.45) is -3.36. The molecule has 8 nitrogen and oxygen atoms in total. The second-order valence-electron chi connectivity index (χ2n) is 6.53. The summed E-state index contributed by atoms with van der Waals surface area (Å²) in [5, 5.41) is 2.69. The number of urea groups is 1. The van der Waals surface area contributed by atoms with Crippen molar-refractivity contribution in [3.8, 4) is 0 Å². The summed E-state index contributed by atoms with van der Waals surface area (Å²) in [4.78, 5) is 35.3. The lowest BCUT2D eigenvalue weighted by Crippen LogP contribution is -2.33. The van der Waals surface area contributed by atoms with Gasteiger partial charge in [-0.25, -0.2) is 9.78 Å². The van der Waals surface area contributed by atoms with Crippen molar-refractivity contribution in [2.24, 2.45) is 0 Å². The van der Waals surface area contributed by atoms with Gasteiger partial charge in [-0.1, -0.05) is 6.07 Å². The molecule has 30 heavy (non-hydrogen) atoms. The first-order valence-corrected chi connectivity index (χ1v) is 8.81. The van der Waals surface area contributed by atoms with E-state index in [0.717, 1.165) is 17.0 Å². The van der Waals surface area contributed by atoms with Gasteiger partial charge in [0.2, 0.25) is 5.95 Å². The van der Waals surface area contributed by atoms with Gasteiger partial charge < -0.3 is 16.0 Å². The monoisotopic (exact) mass is 444 g/mol. The molecule has 1 aromatic carbocycles. The van der Waals surface area contributed by atoms with Gasteiger partial charge in [0.1, 0.15) is 11.4 Å². The minimum Gasteiger partial charge on any atom is -0.383 e. The Bertz CT molecular complexity index is 956. The number of alkyl halides is 3. The number of halogens is 4. The molecule has 2 heterocycles. The van der Waals surface area contributed by atoms with E-state index in [9.17, 15) is 22.8 Å². The van der Waals surface area contributed by atoms with Crippen molar-refractivity contribution in [1.82, 2.24) is 15.3 Å². The normalized spacial score (nSPS) is 16.1. The fourth-order valence-corrected chi connectivity index (χ4v) is 2.98. The van der Waals surface area contributed by atoms with E-state index >= 15 is 0 Å². The number of anilines is 3. The molecule has 1 fully saturated rings. The van der Waals surface area contributed by atoms with Crippen LogP contribution in [0.4, 0.5) is 35.4 Å². The van der Waals surface area contributed by atoms with E-state index in [1.165, 1.54) is 23.2 Å². The molecule has 2 aromatic rings. The molecule has 1 unspecified atom stereocenters. The van der Waals surface area contributed by atoms with Crippen LogP contribution < -0.4 is 20.9 Å². The van der Waals surface area contributed by atoms with Gasteiger partial charge in [0.15, 0.2) is 0 Å². The Morgan fingerprint density at radius 1 is 1.40 bits per heavy atom. The largest absolute Gasteiger partial charge is 0.416 e. The predicted molar refractivity (Wildman–Crippen MR) is 108 cm³/mol. The van der Waals surface area contributed by atoms with Crippen molar-refractivity contribution >= 4 is 41.8 Å². The molecule has 1 aromatic heterocycles. The van der Waals surface area contributed by atoms with Crippen molar-refractivity contribution in [3.05, 3.63) is 41.6 Å². The number of hydrogen-bond acceptors (Lipinski definition) is 5. The first kappa shape index (κ1) is 23.2. The zero-order chi connectivity index (χ0) is 21.3. The number of carbonyl (C=O) groups excluding carboxylic acids is 2. The molecule has 3 N–H and O–H groups in total. The number of carbonyl (C=O) groups is 2.